The second-order valence-electron chi connectivity index (χ2n) is 6.33. The summed E-state index contributed by atoms with van der Waals surface area (Å²) in [6, 6.07) is 12.6. The van der Waals surface area contributed by atoms with Crippen LogP contribution in [0.15, 0.2) is 58.3 Å². The molecule has 1 aliphatic rings. The summed E-state index contributed by atoms with van der Waals surface area (Å²) in [6.45, 7) is 1.56. The van der Waals surface area contributed by atoms with Gasteiger partial charge in [0.2, 0.25) is 9.84 Å². The number of phenolic OH excluding ortho intramolecular Hbond substituents is 1. The Bertz CT molecular complexity index is 895. The number of benzene rings is 2. The van der Waals surface area contributed by atoms with Crippen LogP contribution in [0.25, 0.3) is 0 Å². The Morgan fingerprint density at radius 1 is 1.19 bits per heavy atom. The fourth-order valence-corrected chi connectivity index (χ4v) is 4.55. The number of sulfone groups is 1. The van der Waals surface area contributed by atoms with Crippen LogP contribution in [0.5, 0.6) is 5.75 Å². The molecule has 26 heavy (non-hydrogen) atoms. The Balaban J connectivity index is 1.80. The van der Waals surface area contributed by atoms with Crippen LogP contribution < -0.4 is 0 Å². The van der Waals surface area contributed by atoms with E-state index in [0.29, 0.717) is 12.1 Å². The van der Waals surface area contributed by atoms with Crippen molar-refractivity contribution in [3.63, 3.8) is 0 Å². The fourth-order valence-electron chi connectivity index (χ4n) is 3.25. The first-order chi connectivity index (χ1) is 12.4. The van der Waals surface area contributed by atoms with Gasteiger partial charge in [-0.15, -0.1) is 0 Å². The summed E-state index contributed by atoms with van der Waals surface area (Å²) in [5.41, 5.74) is 0.698. The summed E-state index contributed by atoms with van der Waals surface area (Å²) in [4.78, 5) is 13.6. The maximum Gasteiger partial charge on any atom is 0.319 e. The highest BCUT2D eigenvalue weighted by Gasteiger charge is 2.28. The SMILES string of the molecule is COC(=O)CN1CCC(c2ccc(S(=O)(=O)c3ccccc3)cc2O)C1. The largest absolute Gasteiger partial charge is 0.508 e. The lowest BCUT2D eigenvalue weighted by molar-refractivity contribution is -0.141. The summed E-state index contributed by atoms with van der Waals surface area (Å²) in [5.74, 6) is -0.278. The maximum atomic E-state index is 12.7. The van der Waals surface area contributed by atoms with Crippen LogP contribution in [0.3, 0.4) is 0 Å². The molecular formula is C19H21NO5S. The van der Waals surface area contributed by atoms with Crippen LogP contribution in [-0.4, -0.2) is 51.1 Å². The second kappa shape index (κ2) is 7.47. The van der Waals surface area contributed by atoms with E-state index >= 15 is 0 Å². The maximum absolute atomic E-state index is 12.7. The third-order valence-electron chi connectivity index (χ3n) is 4.66. The Kier molecular flexibility index (Phi) is 5.29. The molecule has 1 atom stereocenters. The number of hydrogen-bond acceptors (Lipinski definition) is 6. The molecule has 1 heterocycles. The summed E-state index contributed by atoms with van der Waals surface area (Å²) >= 11 is 0. The number of methoxy groups -OCH3 is 1. The van der Waals surface area contributed by atoms with Crippen LogP contribution in [0.4, 0.5) is 0 Å². The molecule has 0 aliphatic carbocycles. The smallest absolute Gasteiger partial charge is 0.319 e. The highest BCUT2D eigenvalue weighted by atomic mass is 32.2. The summed E-state index contributed by atoms with van der Waals surface area (Å²) in [5, 5.41) is 10.4. The molecule has 138 valence electrons. The standard InChI is InChI=1S/C19H21NO5S/c1-25-19(22)13-20-10-9-14(12-20)17-8-7-16(11-18(17)21)26(23,24)15-5-3-2-4-6-15/h2-8,11,14,21H,9-10,12-13H2,1H3. The van der Waals surface area contributed by atoms with Crippen molar-refractivity contribution in [3.8, 4) is 5.75 Å². The monoisotopic (exact) mass is 375 g/mol. The number of rotatable bonds is 5. The van der Waals surface area contributed by atoms with Gasteiger partial charge in [0.15, 0.2) is 0 Å². The molecule has 3 rings (SSSR count). The van der Waals surface area contributed by atoms with Gasteiger partial charge >= 0.3 is 5.97 Å². The van der Waals surface area contributed by atoms with Gasteiger partial charge in [0.25, 0.3) is 0 Å². The molecule has 1 aliphatic heterocycles. The van der Waals surface area contributed by atoms with Gasteiger partial charge in [-0.3, -0.25) is 9.69 Å². The average Bonchev–Trinajstić information content (AvgIpc) is 3.10. The summed E-state index contributed by atoms with van der Waals surface area (Å²) in [7, 11) is -2.31. The van der Waals surface area contributed by atoms with Crippen molar-refractivity contribution in [2.75, 3.05) is 26.7 Å². The number of carbonyl (C=O) groups excluding carboxylic acids is 1. The van der Waals surface area contributed by atoms with Crippen molar-refractivity contribution in [2.24, 2.45) is 0 Å². The van der Waals surface area contributed by atoms with Crippen LogP contribution in [0.1, 0.15) is 17.9 Å². The summed E-state index contributed by atoms with van der Waals surface area (Å²) in [6.07, 6.45) is 0.787. The van der Waals surface area contributed by atoms with Crippen molar-refractivity contribution >= 4 is 15.8 Å². The van der Waals surface area contributed by atoms with Crippen molar-refractivity contribution in [1.82, 2.24) is 4.90 Å². The molecule has 1 fully saturated rings. The quantitative estimate of drug-likeness (QED) is 0.807. The Morgan fingerprint density at radius 2 is 1.92 bits per heavy atom. The zero-order valence-corrected chi connectivity index (χ0v) is 15.3. The van der Waals surface area contributed by atoms with E-state index in [2.05, 4.69) is 4.74 Å². The molecule has 6 nitrogen and oxygen atoms in total. The Hall–Kier alpha value is -2.38. The molecule has 2 aromatic rings. The van der Waals surface area contributed by atoms with E-state index in [-0.39, 0.29) is 34.0 Å². The molecular weight excluding hydrogens is 354 g/mol. The number of nitrogens with zero attached hydrogens (tertiary/aromatic N) is 1. The van der Waals surface area contributed by atoms with E-state index < -0.39 is 9.84 Å². The number of likely N-dealkylation sites (tertiary alicyclic amines) is 1. The normalized spacial score (nSPS) is 18.0. The highest BCUT2D eigenvalue weighted by molar-refractivity contribution is 7.91. The van der Waals surface area contributed by atoms with E-state index in [4.69, 9.17) is 0 Å². The molecule has 2 aromatic carbocycles. The van der Waals surface area contributed by atoms with E-state index in [1.807, 2.05) is 4.90 Å². The predicted octanol–water partition coefficient (Wildman–Crippen LogP) is 2.19. The van der Waals surface area contributed by atoms with Gasteiger partial charge in [0.05, 0.1) is 23.4 Å². The topological polar surface area (TPSA) is 83.9 Å². The van der Waals surface area contributed by atoms with Crippen LogP contribution >= 0.6 is 0 Å². The molecule has 0 radical (unpaired) electrons. The van der Waals surface area contributed by atoms with Gasteiger partial charge in [0.1, 0.15) is 5.75 Å². The molecule has 0 amide bonds. The van der Waals surface area contributed by atoms with Crippen molar-refractivity contribution in [1.29, 1.82) is 0 Å². The minimum atomic E-state index is -3.66. The second-order valence-corrected chi connectivity index (χ2v) is 8.28. The predicted molar refractivity (Wildman–Crippen MR) is 95.8 cm³/mol. The molecule has 0 saturated carbocycles. The lowest BCUT2D eigenvalue weighted by Gasteiger charge is -2.16. The molecule has 0 aromatic heterocycles. The zero-order chi connectivity index (χ0) is 18.7. The molecule has 0 bridgehead atoms. The fraction of sp³-hybridized carbons (Fsp3) is 0.316. The number of aromatic hydroxyl groups is 1. The first-order valence-corrected chi connectivity index (χ1v) is 9.82. The molecule has 7 heteroatoms. The lowest BCUT2D eigenvalue weighted by Crippen LogP contribution is -2.28. The molecule has 1 saturated heterocycles. The first kappa shape index (κ1) is 18.4. The van der Waals surface area contributed by atoms with Gasteiger partial charge in [0, 0.05) is 12.5 Å². The Labute approximate surface area is 152 Å². The highest BCUT2D eigenvalue weighted by Crippen LogP contribution is 2.35. The van der Waals surface area contributed by atoms with Crippen LogP contribution in [0, 0.1) is 0 Å². The number of esters is 1. The third-order valence-corrected chi connectivity index (χ3v) is 6.43. The van der Waals surface area contributed by atoms with E-state index in [1.54, 1.807) is 24.3 Å². The van der Waals surface area contributed by atoms with Crippen LogP contribution in [0.2, 0.25) is 0 Å². The van der Waals surface area contributed by atoms with E-state index in [0.717, 1.165) is 13.0 Å². The third kappa shape index (κ3) is 3.73. The van der Waals surface area contributed by atoms with E-state index in [9.17, 15) is 18.3 Å². The van der Waals surface area contributed by atoms with Gasteiger partial charge in [-0.1, -0.05) is 24.3 Å². The van der Waals surface area contributed by atoms with Crippen molar-refractivity contribution in [3.05, 3.63) is 54.1 Å². The first-order valence-electron chi connectivity index (χ1n) is 8.34. The van der Waals surface area contributed by atoms with Gasteiger partial charge in [-0.25, -0.2) is 8.42 Å². The van der Waals surface area contributed by atoms with Crippen molar-refractivity contribution < 1.29 is 23.1 Å². The molecule has 1 N–H and O–H groups in total. The molecule has 1 unspecified atom stereocenters. The van der Waals surface area contributed by atoms with E-state index in [1.165, 1.54) is 31.4 Å². The minimum Gasteiger partial charge on any atom is -0.508 e. The number of phenols is 1. The average molecular weight is 375 g/mol. The Morgan fingerprint density at radius 3 is 2.58 bits per heavy atom. The zero-order valence-electron chi connectivity index (χ0n) is 14.5. The number of hydrogen-bond donors (Lipinski definition) is 1. The van der Waals surface area contributed by atoms with Gasteiger partial charge in [-0.2, -0.15) is 0 Å². The molecule has 0 spiro atoms. The van der Waals surface area contributed by atoms with Gasteiger partial charge < -0.3 is 9.84 Å². The van der Waals surface area contributed by atoms with Crippen molar-refractivity contribution in [2.45, 2.75) is 22.1 Å². The lowest BCUT2D eigenvalue weighted by atomic mass is 9.97. The van der Waals surface area contributed by atoms with Gasteiger partial charge in [-0.05, 0) is 42.8 Å². The summed E-state index contributed by atoms with van der Waals surface area (Å²) < 4.78 is 30.0. The number of ether oxygens (including phenoxy) is 1. The minimum absolute atomic E-state index is 0.0353. The van der Waals surface area contributed by atoms with Crippen LogP contribution in [-0.2, 0) is 19.4 Å². The number of carbonyl (C=O) groups is 1.